The number of hydrogen-bond donors (Lipinski definition) is 1. The summed E-state index contributed by atoms with van der Waals surface area (Å²) in [7, 11) is 0. The fourth-order valence-electron chi connectivity index (χ4n) is 3.46. The summed E-state index contributed by atoms with van der Waals surface area (Å²) in [6, 6.07) is 0. The topological polar surface area (TPSA) is 38.0 Å². The van der Waals surface area contributed by atoms with Crippen molar-refractivity contribution in [2.45, 2.75) is 71.9 Å². The molecule has 0 aliphatic heterocycles. The molecule has 0 aromatic carbocycles. The fraction of sp³-hybridized carbons (Fsp3) is 0.800. The maximum Gasteiger partial charge on any atom is 0.0848 e. The Balaban J connectivity index is 2.25. The molecule has 1 aromatic heterocycles. The highest BCUT2D eigenvalue weighted by molar-refractivity contribution is 6.31. The number of aromatic nitrogens is 2. The van der Waals surface area contributed by atoms with Gasteiger partial charge in [0, 0.05) is 13.0 Å². The molecule has 1 fully saturated rings. The molecule has 108 valence electrons. The van der Waals surface area contributed by atoms with Gasteiger partial charge in [-0.1, -0.05) is 31.9 Å². The summed E-state index contributed by atoms with van der Waals surface area (Å²) in [5.74, 6) is 0. The normalized spacial score (nSPS) is 26.6. The van der Waals surface area contributed by atoms with Crippen molar-refractivity contribution in [3.8, 4) is 0 Å². The predicted molar refractivity (Wildman–Crippen MR) is 78.6 cm³/mol. The molecule has 4 heteroatoms. The molecule has 1 aliphatic rings. The second-order valence-corrected chi connectivity index (χ2v) is 7.14. The van der Waals surface area contributed by atoms with Crippen LogP contribution < -0.4 is 0 Å². The Bertz CT molecular complexity index is 467. The average molecular weight is 285 g/mol. The molecule has 0 radical (unpaired) electrons. The van der Waals surface area contributed by atoms with Crippen molar-refractivity contribution in [2.24, 2.45) is 5.41 Å². The first-order chi connectivity index (χ1) is 8.76. The van der Waals surface area contributed by atoms with Crippen molar-refractivity contribution >= 4 is 11.6 Å². The molecule has 1 unspecified atom stereocenters. The molecule has 1 aliphatic carbocycles. The lowest BCUT2D eigenvalue weighted by molar-refractivity contribution is -0.0395. The van der Waals surface area contributed by atoms with Gasteiger partial charge in [0.05, 0.1) is 22.0 Å². The zero-order valence-corrected chi connectivity index (χ0v) is 13.2. The second kappa shape index (κ2) is 5.10. The van der Waals surface area contributed by atoms with Gasteiger partial charge in [-0.3, -0.25) is 4.68 Å². The van der Waals surface area contributed by atoms with E-state index in [0.717, 1.165) is 42.2 Å². The third kappa shape index (κ3) is 3.14. The standard InChI is InChI=1S/C15H25ClN2O/c1-5-18-12(13(16)11(2)17-18)9-15(19)8-6-7-14(3,4)10-15/h19H,5-10H2,1-4H3. The molecular weight excluding hydrogens is 260 g/mol. The largest absolute Gasteiger partial charge is 0.389 e. The first-order valence-corrected chi connectivity index (χ1v) is 7.58. The molecule has 1 saturated carbocycles. The van der Waals surface area contributed by atoms with Crippen LogP contribution in [0.25, 0.3) is 0 Å². The number of aliphatic hydroxyl groups is 1. The van der Waals surface area contributed by atoms with Crippen molar-refractivity contribution in [1.82, 2.24) is 9.78 Å². The zero-order chi connectivity index (χ0) is 14.3. The number of rotatable bonds is 3. The van der Waals surface area contributed by atoms with E-state index in [2.05, 4.69) is 25.9 Å². The lowest BCUT2D eigenvalue weighted by Gasteiger charge is -2.41. The van der Waals surface area contributed by atoms with E-state index in [9.17, 15) is 5.11 Å². The number of aryl methyl sites for hydroxylation is 2. The molecule has 0 bridgehead atoms. The molecule has 1 N–H and O–H groups in total. The highest BCUT2D eigenvalue weighted by Gasteiger charge is 2.39. The first kappa shape index (κ1) is 14.9. The van der Waals surface area contributed by atoms with Crippen molar-refractivity contribution in [1.29, 1.82) is 0 Å². The molecule has 1 atom stereocenters. The Morgan fingerprint density at radius 3 is 2.63 bits per heavy atom. The minimum Gasteiger partial charge on any atom is -0.389 e. The molecule has 1 heterocycles. The maximum atomic E-state index is 10.9. The smallest absolute Gasteiger partial charge is 0.0848 e. The Kier molecular flexibility index (Phi) is 3.99. The third-order valence-corrected chi connectivity index (χ3v) is 4.74. The summed E-state index contributed by atoms with van der Waals surface area (Å²) in [6.45, 7) is 9.25. The summed E-state index contributed by atoms with van der Waals surface area (Å²) >= 11 is 6.35. The van der Waals surface area contributed by atoms with Crippen LogP contribution in [-0.4, -0.2) is 20.5 Å². The lowest BCUT2D eigenvalue weighted by atomic mass is 9.68. The monoisotopic (exact) mass is 284 g/mol. The van der Waals surface area contributed by atoms with Gasteiger partial charge in [-0.2, -0.15) is 5.10 Å². The van der Waals surface area contributed by atoms with Gasteiger partial charge in [0.15, 0.2) is 0 Å². The van der Waals surface area contributed by atoms with Crippen molar-refractivity contribution in [2.75, 3.05) is 0 Å². The van der Waals surface area contributed by atoms with Crippen molar-refractivity contribution in [3.05, 3.63) is 16.4 Å². The van der Waals surface area contributed by atoms with Crippen LogP contribution >= 0.6 is 11.6 Å². The molecule has 3 nitrogen and oxygen atoms in total. The van der Waals surface area contributed by atoms with Gasteiger partial charge < -0.3 is 5.11 Å². The van der Waals surface area contributed by atoms with Crippen LogP contribution in [0.1, 0.15) is 57.8 Å². The van der Waals surface area contributed by atoms with Crippen LogP contribution in [0.2, 0.25) is 5.02 Å². The summed E-state index contributed by atoms with van der Waals surface area (Å²) in [5, 5.41) is 16.1. The Morgan fingerprint density at radius 2 is 2.05 bits per heavy atom. The molecule has 0 spiro atoms. The van der Waals surface area contributed by atoms with Gasteiger partial charge >= 0.3 is 0 Å². The van der Waals surface area contributed by atoms with Gasteiger partial charge in [-0.25, -0.2) is 0 Å². The summed E-state index contributed by atoms with van der Waals surface area (Å²) in [6.07, 6.45) is 4.59. The van der Waals surface area contributed by atoms with E-state index >= 15 is 0 Å². The Morgan fingerprint density at radius 1 is 1.37 bits per heavy atom. The number of nitrogens with zero attached hydrogens (tertiary/aromatic N) is 2. The highest BCUT2D eigenvalue weighted by atomic mass is 35.5. The van der Waals surface area contributed by atoms with E-state index in [1.165, 1.54) is 6.42 Å². The first-order valence-electron chi connectivity index (χ1n) is 7.20. The third-order valence-electron chi connectivity index (χ3n) is 4.25. The highest BCUT2D eigenvalue weighted by Crippen LogP contribution is 2.43. The second-order valence-electron chi connectivity index (χ2n) is 6.76. The van der Waals surface area contributed by atoms with Gasteiger partial charge in [0.1, 0.15) is 0 Å². The van der Waals surface area contributed by atoms with E-state index in [4.69, 9.17) is 11.6 Å². The molecule has 0 amide bonds. The van der Waals surface area contributed by atoms with E-state index < -0.39 is 5.60 Å². The van der Waals surface area contributed by atoms with Crippen LogP contribution in [0, 0.1) is 12.3 Å². The molecule has 2 rings (SSSR count). The van der Waals surface area contributed by atoms with Crippen molar-refractivity contribution in [3.63, 3.8) is 0 Å². The molecular formula is C15H25ClN2O. The molecule has 1 aromatic rings. The SMILES string of the molecule is CCn1nc(C)c(Cl)c1CC1(O)CCCC(C)(C)C1. The van der Waals surface area contributed by atoms with Gasteiger partial charge in [0.2, 0.25) is 0 Å². The Hall–Kier alpha value is -0.540. The minimum atomic E-state index is -0.634. The summed E-state index contributed by atoms with van der Waals surface area (Å²) in [4.78, 5) is 0. The average Bonchev–Trinajstić information content (AvgIpc) is 2.54. The quantitative estimate of drug-likeness (QED) is 0.918. The lowest BCUT2D eigenvalue weighted by Crippen LogP contribution is -2.41. The maximum absolute atomic E-state index is 10.9. The van der Waals surface area contributed by atoms with Gasteiger partial charge in [-0.15, -0.1) is 0 Å². The van der Waals surface area contributed by atoms with E-state index in [1.807, 2.05) is 11.6 Å². The molecule has 19 heavy (non-hydrogen) atoms. The number of halogens is 1. The van der Waals surface area contributed by atoms with Crippen LogP contribution in [-0.2, 0) is 13.0 Å². The van der Waals surface area contributed by atoms with Gasteiger partial charge in [-0.05, 0) is 38.5 Å². The van der Waals surface area contributed by atoms with Crippen LogP contribution in [0.4, 0.5) is 0 Å². The van der Waals surface area contributed by atoms with Crippen molar-refractivity contribution < 1.29 is 5.11 Å². The van der Waals surface area contributed by atoms with E-state index in [0.29, 0.717) is 6.42 Å². The van der Waals surface area contributed by atoms with Crippen LogP contribution in [0.15, 0.2) is 0 Å². The summed E-state index contributed by atoms with van der Waals surface area (Å²) < 4.78 is 1.93. The molecule has 0 saturated heterocycles. The van der Waals surface area contributed by atoms with E-state index in [-0.39, 0.29) is 5.41 Å². The van der Waals surface area contributed by atoms with E-state index in [1.54, 1.807) is 0 Å². The van der Waals surface area contributed by atoms with Gasteiger partial charge in [0.25, 0.3) is 0 Å². The van der Waals surface area contributed by atoms with Crippen LogP contribution in [0.3, 0.4) is 0 Å². The fourth-order valence-corrected chi connectivity index (χ4v) is 3.67. The Labute approximate surface area is 121 Å². The predicted octanol–water partition coefficient (Wildman–Crippen LogP) is 3.74. The zero-order valence-electron chi connectivity index (χ0n) is 12.5. The van der Waals surface area contributed by atoms with Crippen LogP contribution in [0.5, 0.6) is 0 Å². The summed E-state index contributed by atoms with van der Waals surface area (Å²) in [5.41, 5.74) is 1.43. The minimum absolute atomic E-state index is 0.214. The number of hydrogen-bond acceptors (Lipinski definition) is 2.